The summed E-state index contributed by atoms with van der Waals surface area (Å²) in [6, 6.07) is 0. The van der Waals surface area contributed by atoms with Gasteiger partial charge in [0.1, 0.15) is 0 Å². The number of nitrogens with zero attached hydrogens (tertiary/aromatic N) is 4. The summed E-state index contributed by atoms with van der Waals surface area (Å²) in [6.45, 7) is 19.7. The zero-order valence-electron chi connectivity index (χ0n) is 13.3. The van der Waals surface area contributed by atoms with Gasteiger partial charge in [-0.2, -0.15) is 0 Å². The second kappa shape index (κ2) is 11.9. The summed E-state index contributed by atoms with van der Waals surface area (Å²) in [5, 5.41) is 9.00. The molecule has 6 heteroatoms. The minimum absolute atomic E-state index is 0.881. The topological polar surface area (TPSA) is 68.1 Å². The Kier molecular flexibility index (Phi) is 12.6. The van der Waals surface area contributed by atoms with Gasteiger partial charge in [-0.15, -0.1) is 5.34 Å². The lowest BCUT2D eigenvalue weighted by molar-refractivity contribution is -0.841. The van der Waals surface area contributed by atoms with Crippen molar-refractivity contribution in [2.45, 2.75) is 41.5 Å². The molecule has 0 fully saturated rings. The molecule has 6 nitrogen and oxygen atoms in total. The van der Waals surface area contributed by atoms with E-state index in [2.05, 4.69) is 46.4 Å². The summed E-state index contributed by atoms with van der Waals surface area (Å²) in [7, 11) is 0. The van der Waals surface area contributed by atoms with Crippen LogP contribution in [0.1, 0.15) is 41.5 Å². The smallest absolute Gasteiger partial charge is 0.300 e. The Bertz CT molecular complexity index is 241. The molecule has 0 N–H and O–H groups in total. The number of rotatable bonds is 6. The van der Waals surface area contributed by atoms with Crippen LogP contribution in [0.4, 0.5) is 0 Å². The van der Waals surface area contributed by atoms with Crippen LogP contribution in [0, 0.1) is 10.1 Å². The minimum atomic E-state index is 0.881. The first-order valence-corrected chi connectivity index (χ1v) is 7.18. The SMILES string of the molecule is CCN=C(N(CC)CC)[N+](CC)(CC)CC.O=N[O-]. The Morgan fingerprint density at radius 1 is 1.00 bits per heavy atom. The second-order valence-electron chi connectivity index (χ2n) is 4.12. The third-order valence-corrected chi connectivity index (χ3v) is 3.59. The summed E-state index contributed by atoms with van der Waals surface area (Å²) in [5.74, 6) is 1.28. The van der Waals surface area contributed by atoms with E-state index in [-0.39, 0.29) is 0 Å². The van der Waals surface area contributed by atoms with Crippen molar-refractivity contribution in [3.8, 4) is 0 Å². The molecule has 0 saturated carbocycles. The van der Waals surface area contributed by atoms with E-state index in [4.69, 9.17) is 15.1 Å². The highest BCUT2D eigenvalue weighted by Crippen LogP contribution is 2.12. The van der Waals surface area contributed by atoms with Crippen LogP contribution in [0.15, 0.2) is 10.3 Å². The molecule has 0 aliphatic carbocycles. The van der Waals surface area contributed by atoms with Crippen molar-refractivity contribution in [2.24, 2.45) is 10.3 Å². The second-order valence-corrected chi connectivity index (χ2v) is 4.12. The van der Waals surface area contributed by atoms with Gasteiger partial charge in [0.05, 0.1) is 19.6 Å². The van der Waals surface area contributed by atoms with Gasteiger partial charge in [0.15, 0.2) is 0 Å². The average Bonchev–Trinajstić information content (AvgIpc) is 2.43. The van der Waals surface area contributed by atoms with Gasteiger partial charge in [-0.05, 0) is 41.5 Å². The highest BCUT2D eigenvalue weighted by Gasteiger charge is 2.32. The molecule has 0 amide bonds. The van der Waals surface area contributed by atoms with Crippen molar-refractivity contribution < 1.29 is 4.48 Å². The lowest BCUT2D eigenvalue weighted by atomic mass is 10.3. The van der Waals surface area contributed by atoms with Crippen LogP contribution in [0.3, 0.4) is 0 Å². The van der Waals surface area contributed by atoms with Gasteiger partial charge < -0.3 is 15.0 Å². The molecule has 0 aromatic carbocycles. The van der Waals surface area contributed by atoms with Crippen molar-refractivity contribution in [1.29, 1.82) is 0 Å². The van der Waals surface area contributed by atoms with E-state index in [0.29, 0.717) is 0 Å². The maximum Gasteiger partial charge on any atom is 0.300 e. The monoisotopic (exact) mass is 274 g/mol. The molecular weight excluding hydrogens is 244 g/mol. The van der Waals surface area contributed by atoms with Gasteiger partial charge in [0.25, 0.3) is 5.96 Å². The summed E-state index contributed by atoms with van der Waals surface area (Å²) in [6.07, 6.45) is 0. The van der Waals surface area contributed by atoms with Crippen LogP contribution in [0.25, 0.3) is 0 Å². The molecule has 0 radical (unpaired) electrons. The predicted molar refractivity (Wildman–Crippen MR) is 81.9 cm³/mol. The number of guanidine groups is 1. The fourth-order valence-corrected chi connectivity index (χ4v) is 2.29. The average molecular weight is 274 g/mol. The Balaban J connectivity index is 0. The Morgan fingerprint density at radius 2 is 1.37 bits per heavy atom. The number of hydrogen-bond donors (Lipinski definition) is 0. The minimum Gasteiger partial charge on any atom is -0.444 e. The number of hydrogen-bond acceptors (Lipinski definition) is 4. The van der Waals surface area contributed by atoms with Crippen LogP contribution >= 0.6 is 0 Å². The van der Waals surface area contributed by atoms with Gasteiger partial charge in [-0.3, -0.25) is 4.48 Å². The first-order chi connectivity index (χ1) is 9.06. The van der Waals surface area contributed by atoms with E-state index < -0.39 is 0 Å². The Labute approximate surface area is 117 Å². The van der Waals surface area contributed by atoms with Crippen molar-refractivity contribution in [2.75, 3.05) is 39.3 Å². The molecule has 0 bridgehead atoms. The highest BCUT2D eigenvalue weighted by molar-refractivity contribution is 5.73. The van der Waals surface area contributed by atoms with Crippen LogP contribution in [-0.2, 0) is 0 Å². The normalized spacial score (nSPS) is 11.6. The van der Waals surface area contributed by atoms with E-state index in [0.717, 1.165) is 49.1 Å². The molecule has 0 aromatic rings. The zero-order valence-corrected chi connectivity index (χ0v) is 13.3. The van der Waals surface area contributed by atoms with Crippen LogP contribution in [-0.4, -0.2) is 54.6 Å². The third kappa shape index (κ3) is 6.00. The van der Waals surface area contributed by atoms with Gasteiger partial charge in [0.2, 0.25) is 0 Å². The molecule has 0 spiro atoms. The molecular formula is C13H30N4O2. The van der Waals surface area contributed by atoms with Crippen LogP contribution in [0.5, 0.6) is 0 Å². The maximum absolute atomic E-state index is 8.00. The molecule has 0 rings (SSSR count). The third-order valence-electron chi connectivity index (χ3n) is 3.59. The largest absolute Gasteiger partial charge is 0.444 e. The number of quaternary nitrogens is 1. The van der Waals surface area contributed by atoms with Crippen LogP contribution in [0.2, 0.25) is 0 Å². The molecule has 19 heavy (non-hydrogen) atoms. The van der Waals surface area contributed by atoms with Gasteiger partial charge in [-0.25, -0.2) is 4.99 Å². The van der Waals surface area contributed by atoms with Gasteiger partial charge in [-0.1, -0.05) is 0 Å². The van der Waals surface area contributed by atoms with E-state index in [9.17, 15) is 0 Å². The first kappa shape index (κ1) is 20.2. The molecule has 0 aliphatic rings. The van der Waals surface area contributed by atoms with Crippen molar-refractivity contribution in [3.05, 3.63) is 10.1 Å². The van der Waals surface area contributed by atoms with Crippen molar-refractivity contribution >= 4 is 5.96 Å². The summed E-state index contributed by atoms with van der Waals surface area (Å²) in [4.78, 5) is 15.2. The molecule has 0 atom stereocenters. The summed E-state index contributed by atoms with van der Waals surface area (Å²) in [5.41, 5.74) is 0. The lowest BCUT2D eigenvalue weighted by Gasteiger charge is -2.39. The van der Waals surface area contributed by atoms with Crippen molar-refractivity contribution in [1.82, 2.24) is 4.90 Å². The fraction of sp³-hybridized carbons (Fsp3) is 0.923. The molecule has 0 aromatic heterocycles. The maximum atomic E-state index is 8.00. The van der Waals surface area contributed by atoms with Gasteiger partial charge in [0, 0.05) is 19.6 Å². The quantitative estimate of drug-likeness (QED) is 0.246. The van der Waals surface area contributed by atoms with Gasteiger partial charge >= 0.3 is 0 Å². The van der Waals surface area contributed by atoms with E-state index >= 15 is 0 Å². The van der Waals surface area contributed by atoms with E-state index in [1.54, 1.807) is 0 Å². The molecule has 114 valence electrons. The molecule has 0 heterocycles. The highest BCUT2D eigenvalue weighted by atomic mass is 16.6. The molecule has 0 saturated heterocycles. The number of aliphatic imine (C=N–C) groups is 1. The standard InChI is InChI=1S/C13H30N3.HNO2/c1-7-14-13(15(8-2)9-3)16(10-4,11-5)12-6;2-1-3/h7-12H2,1-6H3;(H,2,3)/q+1;/p-1. The van der Waals surface area contributed by atoms with Crippen LogP contribution < -0.4 is 0 Å². The summed E-state index contributed by atoms with van der Waals surface area (Å²) < 4.78 is 1.01. The fourth-order valence-electron chi connectivity index (χ4n) is 2.29. The first-order valence-electron chi connectivity index (χ1n) is 7.18. The van der Waals surface area contributed by atoms with E-state index in [1.165, 1.54) is 5.96 Å². The Morgan fingerprint density at radius 3 is 1.58 bits per heavy atom. The van der Waals surface area contributed by atoms with E-state index in [1.807, 2.05) is 0 Å². The molecule has 0 unspecified atom stereocenters. The Hall–Kier alpha value is -1.17. The summed E-state index contributed by atoms with van der Waals surface area (Å²) >= 11 is 0. The molecule has 0 aliphatic heterocycles. The lowest BCUT2D eigenvalue weighted by Crippen LogP contribution is -2.59. The predicted octanol–water partition coefficient (Wildman–Crippen LogP) is 2.83. The van der Waals surface area contributed by atoms with Crippen molar-refractivity contribution in [3.63, 3.8) is 0 Å². The zero-order chi connectivity index (χ0) is 15.3.